The maximum atomic E-state index is 12.6. The third-order valence-corrected chi connectivity index (χ3v) is 5.84. The van der Waals surface area contributed by atoms with E-state index in [1.165, 1.54) is 5.56 Å². The van der Waals surface area contributed by atoms with Gasteiger partial charge in [0.05, 0.1) is 0 Å². The number of hydrogen-bond donors (Lipinski definition) is 2. The Kier molecular flexibility index (Phi) is 6.40. The predicted octanol–water partition coefficient (Wildman–Crippen LogP) is 4.91. The summed E-state index contributed by atoms with van der Waals surface area (Å²) in [7, 11) is 0. The van der Waals surface area contributed by atoms with Gasteiger partial charge in [-0.1, -0.05) is 24.3 Å². The molecule has 3 amide bonds. The van der Waals surface area contributed by atoms with Crippen molar-refractivity contribution in [3.63, 3.8) is 0 Å². The SMILES string of the molecule is Cc1ccc(NC(=O)Nc2ccc(N3CCN(C(=O)c4ccccc4)CC3)cc2)cc1C. The lowest BCUT2D eigenvalue weighted by Gasteiger charge is -2.36. The van der Waals surface area contributed by atoms with Gasteiger partial charge in [-0.05, 0) is 73.5 Å². The molecule has 164 valence electrons. The van der Waals surface area contributed by atoms with E-state index in [0.717, 1.165) is 41.3 Å². The average molecular weight is 429 g/mol. The quantitative estimate of drug-likeness (QED) is 0.621. The van der Waals surface area contributed by atoms with Crippen LogP contribution >= 0.6 is 0 Å². The lowest BCUT2D eigenvalue weighted by molar-refractivity contribution is 0.0747. The first kappa shape index (κ1) is 21.4. The Labute approximate surface area is 188 Å². The number of nitrogens with one attached hydrogen (secondary N) is 2. The molecule has 0 bridgehead atoms. The van der Waals surface area contributed by atoms with Gasteiger partial charge in [-0.2, -0.15) is 0 Å². The Balaban J connectivity index is 1.29. The molecular weight excluding hydrogens is 400 g/mol. The highest BCUT2D eigenvalue weighted by Gasteiger charge is 2.22. The summed E-state index contributed by atoms with van der Waals surface area (Å²) in [4.78, 5) is 29.1. The van der Waals surface area contributed by atoms with Crippen LogP contribution in [0.4, 0.5) is 21.9 Å². The Morgan fingerprint density at radius 3 is 2.00 bits per heavy atom. The number of carbonyl (C=O) groups excluding carboxylic acids is 2. The van der Waals surface area contributed by atoms with Gasteiger partial charge in [0, 0.05) is 48.8 Å². The van der Waals surface area contributed by atoms with Crippen molar-refractivity contribution in [2.75, 3.05) is 41.7 Å². The van der Waals surface area contributed by atoms with Gasteiger partial charge < -0.3 is 20.4 Å². The second-order valence-corrected chi connectivity index (χ2v) is 8.07. The Morgan fingerprint density at radius 1 is 0.719 bits per heavy atom. The average Bonchev–Trinajstić information content (AvgIpc) is 2.82. The number of benzene rings is 3. The van der Waals surface area contributed by atoms with Gasteiger partial charge in [-0.15, -0.1) is 0 Å². The van der Waals surface area contributed by atoms with E-state index in [9.17, 15) is 9.59 Å². The predicted molar refractivity (Wildman–Crippen MR) is 130 cm³/mol. The van der Waals surface area contributed by atoms with Crippen LogP contribution < -0.4 is 15.5 Å². The normalized spacial score (nSPS) is 13.6. The Hall–Kier alpha value is -3.80. The first-order valence-electron chi connectivity index (χ1n) is 10.8. The summed E-state index contributed by atoms with van der Waals surface area (Å²) in [5, 5.41) is 5.74. The monoisotopic (exact) mass is 428 g/mol. The fourth-order valence-corrected chi connectivity index (χ4v) is 3.80. The summed E-state index contributed by atoms with van der Waals surface area (Å²) < 4.78 is 0. The van der Waals surface area contributed by atoms with Crippen LogP contribution in [0.1, 0.15) is 21.5 Å². The standard InChI is InChI=1S/C26H28N4O2/c1-19-8-9-23(18-20(19)2)28-26(32)27-22-10-12-24(13-11-22)29-14-16-30(17-15-29)25(31)21-6-4-3-5-7-21/h3-13,18H,14-17H2,1-2H3,(H2,27,28,32). The zero-order chi connectivity index (χ0) is 22.5. The van der Waals surface area contributed by atoms with Crippen molar-refractivity contribution in [2.45, 2.75) is 13.8 Å². The molecule has 4 rings (SSSR count). The number of anilines is 3. The summed E-state index contributed by atoms with van der Waals surface area (Å²) in [5.74, 6) is 0.0829. The summed E-state index contributed by atoms with van der Waals surface area (Å²) in [6.45, 7) is 6.99. The fraction of sp³-hybridized carbons (Fsp3) is 0.231. The van der Waals surface area contributed by atoms with Crippen molar-refractivity contribution in [1.82, 2.24) is 4.90 Å². The van der Waals surface area contributed by atoms with Crippen molar-refractivity contribution >= 4 is 29.0 Å². The Morgan fingerprint density at radius 2 is 1.34 bits per heavy atom. The van der Waals surface area contributed by atoms with Crippen LogP contribution in [0.5, 0.6) is 0 Å². The van der Waals surface area contributed by atoms with Gasteiger partial charge in [-0.3, -0.25) is 4.79 Å². The zero-order valence-corrected chi connectivity index (χ0v) is 18.5. The molecule has 0 atom stereocenters. The van der Waals surface area contributed by atoms with E-state index in [1.54, 1.807) is 0 Å². The van der Waals surface area contributed by atoms with E-state index < -0.39 is 0 Å². The number of aryl methyl sites for hydroxylation is 2. The molecule has 1 saturated heterocycles. The third-order valence-electron chi connectivity index (χ3n) is 5.84. The van der Waals surface area contributed by atoms with Crippen molar-refractivity contribution in [3.8, 4) is 0 Å². The number of nitrogens with zero attached hydrogens (tertiary/aromatic N) is 2. The summed E-state index contributed by atoms with van der Waals surface area (Å²) in [5.41, 5.74) is 5.64. The van der Waals surface area contributed by atoms with Gasteiger partial charge in [0.25, 0.3) is 5.91 Å². The molecule has 32 heavy (non-hydrogen) atoms. The van der Waals surface area contributed by atoms with Crippen molar-refractivity contribution in [2.24, 2.45) is 0 Å². The summed E-state index contributed by atoms with van der Waals surface area (Å²) in [6, 6.07) is 22.8. The molecule has 1 heterocycles. The molecule has 0 unspecified atom stereocenters. The van der Waals surface area contributed by atoms with Gasteiger partial charge in [0.15, 0.2) is 0 Å². The molecular formula is C26H28N4O2. The molecule has 1 aliphatic rings. The van der Waals surface area contributed by atoms with Crippen molar-refractivity contribution in [1.29, 1.82) is 0 Å². The molecule has 0 saturated carbocycles. The number of amides is 3. The summed E-state index contributed by atoms with van der Waals surface area (Å²) in [6.07, 6.45) is 0. The molecule has 0 aliphatic carbocycles. The third kappa shape index (κ3) is 5.09. The largest absolute Gasteiger partial charge is 0.368 e. The highest BCUT2D eigenvalue weighted by atomic mass is 16.2. The van der Waals surface area contributed by atoms with Gasteiger partial charge in [-0.25, -0.2) is 4.79 Å². The molecule has 0 aromatic heterocycles. The van der Waals surface area contributed by atoms with Crippen LogP contribution in [-0.2, 0) is 0 Å². The van der Waals surface area contributed by atoms with Crippen molar-refractivity contribution in [3.05, 3.63) is 89.5 Å². The topological polar surface area (TPSA) is 64.7 Å². The lowest BCUT2D eigenvalue weighted by atomic mass is 10.1. The minimum atomic E-state index is -0.269. The van der Waals surface area contributed by atoms with E-state index in [2.05, 4.69) is 15.5 Å². The van der Waals surface area contributed by atoms with E-state index in [4.69, 9.17) is 0 Å². The van der Waals surface area contributed by atoms with Crippen LogP contribution in [0, 0.1) is 13.8 Å². The van der Waals surface area contributed by atoms with Crippen LogP contribution in [0.25, 0.3) is 0 Å². The minimum Gasteiger partial charge on any atom is -0.368 e. The highest BCUT2D eigenvalue weighted by Crippen LogP contribution is 2.21. The fourth-order valence-electron chi connectivity index (χ4n) is 3.80. The molecule has 6 nitrogen and oxygen atoms in total. The van der Waals surface area contributed by atoms with Crippen LogP contribution in [-0.4, -0.2) is 43.0 Å². The van der Waals surface area contributed by atoms with E-state index >= 15 is 0 Å². The van der Waals surface area contributed by atoms with Crippen LogP contribution in [0.3, 0.4) is 0 Å². The minimum absolute atomic E-state index is 0.0829. The molecule has 1 aliphatic heterocycles. The second kappa shape index (κ2) is 9.56. The van der Waals surface area contributed by atoms with Crippen molar-refractivity contribution < 1.29 is 9.59 Å². The highest BCUT2D eigenvalue weighted by molar-refractivity contribution is 6.00. The number of urea groups is 1. The number of rotatable bonds is 4. The lowest BCUT2D eigenvalue weighted by Crippen LogP contribution is -2.48. The maximum Gasteiger partial charge on any atom is 0.323 e. The van der Waals surface area contributed by atoms with E-state index in [1.807, 2.05) is 91.5 Å². The van der Waals surface area contributed by atoms with E-state index in [-0.39, 0.29) is 11.9 Å². The van der Waals surface area contributed by atoms with E-state index in [0.29, 0.717) is 13.1 Å². The molecule has 6 heteroatoms. The van der Waals surface area contributed by atoms with Crippen LogP contribution in [0.15, 0.2) is 72.8 Å². The zero-order valence-electron chi connectivity index (χ0n) is 18.5. The molecule has 0 radical (unpaired) electrons. The maximum absolute atomic E-state index is 12.6. The first-order valence-corrected chi connectivity index (χ1v) is 10.8. The molecule has 3 aromatic carbocycles. The summed E-state index contributed by atoms with van der Waals surface area (Å²) >= 11 is 0. The van der Waals surface area contributed by atoms with Gasteiger partial charge in [0.1, 0.15) is 0 Å². The molecule has 1 fully saturated rings. The first-order chi connectivity index (χ1) is 15.5. The number of carbonyl (C=O) groups is 2. The number of piperazine rings is 1. The molecule has 2 N–H and O–H groups in total. The second-order valence-electron chi connectivity index (χ2n) is 8.07. The van der Waals surface area contributed by atoms with Gasteiger partial charge in [0.2, 0.25) is 0 Å². The van der Waals surface area contributed by atoms with Crippen LogP contribution in [0.2, 0.25) is 0 Å². The Bertz CT molecular complexity index is 1090. The molecule has 0 spiro atoms. The molecule has 3 aromatic rings. The number of hydrogen-bond acceptors (Lipinski definition) is 3. The van der Waals surface area contributed by atoms with Gasteiger partial charge >= 0.3 is 6.03 Å². The smallest absolute Gasteiger partial charge is 0.323 e.